The van der Waals surface area contributed by atoms with Gasteiger partial charge in [-0.25, -0.2) is 13.8 Å². The molecule has 0 unspecified atom stereocenters. The van der Waals surface area contributed by atoms with E-state index in [2.05, 4.69) is 38.7 Å². The van der Waals surface area contributed by atoms with Gasteiger partial charge in [0.2, 0.25) is 0 Å². The monoisotopic (exact) mass is 476 g/mol. The number of nitrogens with zero attached hydrogens (tertiary/aromatic N) is 3. The number of nitriles is 1. The molecule has 180 valence electrons. The number of nitrogens with one attached hydrogen (secondary N) is 2. The molecule has 1 saturated heterocycles. The highest BCUT2D eigenvalue weighted by Crippen LogP contribution is 2.29. The molecule has 0 atom stereocenters. The molecule has 0 aliphatic carbocycles. The van der Waals surface area contributed by atoms with Crippen LogP contribution in [0.5, 0.6) is 0 Å². The number of carbonyl (C=O) groups is 1. The van der Waals surface area contributed by atoms with Crippen molar-refractivity contribution in [3.63, 3.8) is 0 Å². The van der Waals surface area contributed by atoms with Gasteiger partial charge in [0.05, 0.1) is 23.9 Å². The number of piperidine rings is 1. The normalized spacial score (nSPS) is 14.3. The van der Waals surface area contributed by atoms with E-state index in [4.69, 9.17) is 11.0 Å². The van der Waals surface area contributed by atoms with Crippen LogP contribution in [-0.4, -0.2) is 35.4 Å². The molecule has 1 aromatic heterocycles. The molecule has 2 heterocycles. The highest BCUT2D eigenvalue weighted by atomic mass is 19.1. The maximum absolute atomic E-state index is 14.0. The summed E-state index contributed by atoms with van der Waals surface area (Å²) in [7, 11) is 0. The van der Waals surface area contributed by atoms with Gasteiger partial charge in [-0.3, -0.25) is 9.69 Å². The van der Waals surface area contributed by atoms with E-state index in [1.807, 2.05) is 12.1 Å². The van der Waals surface area contributed by atoms with Crippen molar-refractivity contribution < 1.29 is 13.6 Å². The van der Waals surface area contributed by atoms with Gasteiger partial charge in [-0.15, -0.1) is 0 Å². The molecule has 0 spiro atoms. The number of amides is 1. The van der Waals surface area contributed by atoms with Crippen molar-refractivity contribution in [3.8, 4) is 6.07 Å². The number of anilines is 3. The minimum absolute atomic E-state index is 0.0325. The summed E-state index contributed by atoms with van der Waals surface area (Å²) in [4.78, 5) is 18.3. The number of nitrogens with two attached hydrogens (primary N) is 1. The number of benzene rings is 2. The van der Waals surface area contributed by atoms with Gasteiger partial charge in [0, 0.05) is 30.1 Å². The van der Waals surface area contributed by atoms with Gasteiger partial charge in [-0.1, -0.05) is 12.1 Å². The molecule has 0 bridgehead atoms. The average molecular weight is 477 g/mol. The average Bonchev–Trinajstić information content (AvgIpc) is 2.86. The fourth-order valence-corrected chi connectivity index (χ4v) is 4.25. The zero-order chi connectivity index (χ0) is 24.8. The molecule has 1 fully saturated rings. The van der Waals surface area contributed by atoms with E-state index < -0.39 is 17.5 Å². The van der Waals surface area contributed by atoms with Gasteiger partial charge in [-0.05, 0) is 67.7 Å². The molecular weight excluding hydrogens is 450 g/mol. The molecule has 0 radical (unpaired) electrons. The van der Waals surface area contributed by atoms with E-state index in [9.17, 15) is 13.6 Å². The van der Waals surface area contributed by atoms with E-state index in [1.165, 1.54) is 11.8 Å². The van der Waals surface area contributed by atoms with Crippen molar-refractivity contribution in [2.45, 2.75) is 25.3 Å². The van der Waals surface area contributed by atoms with Crippen LogP contribution >= 0.6 is 0 Å². The second kappa shape index (κ2) is 10.9. The van der Waals surface area contributed by atoms with E-state index >= 15 is 0 Å². The maximum atomic E-state index is 14.0. The molecule has 4 rings (SSSR count). The van der Waals surface area contributed by atoms with Crippen LogP contribution in [0, 0.1) is 23.0 Å². The van der Waals surface area contributed by atoms with Gasteiger partial charge in [0.1, 0.15) is 17.5 Å². The molecule has 35 heavy (non-hydrogen) atoms. The smallest absolute Gasteiger partial charge is 0.252 e. The van der Waals surface area contributed by atoms with E-state index in [1.54, 1.807) is 6.07 Å². The second-order valence-corrected chi connectivity index (χ2v) is 8.52. The van der Waals surface area contributed by atoms with Crippen LogP contribution < -0.4 is 16.4 Å². The first-order valence-corrected chi connectivity index (χ1v) is 11.4. The van der Waals surface area contributed by atoms with Crippen molar-refractivity contribution in [1.82, 2.24) is 9.88 Å². The summed E-state index contributed by atoms with van der Waals surface area (Å²) >= 11 is 0. The standard InChI is InChI=1S/C26H26F2N6O/c27-20-3-6-23(28)19(13-20)15-31-24-14-25(32-16-22(24)26(30)35)33-21-4-1-17(2-5-21)18-7-10-34(11-8-18)12-9-29/h1-6,13-14,16,18H,7-8,10-12,15H2,(H2,30,35)(H2,31,32,33). The van der Waals surface area contributed by atoms with Crippen LogP contribution in [0.3, 0.4) is 0 Å². The summed E-state index contributed by atoms with van der Waals surface area (Å²) in [5, 5.41) is 15.0. The summed E-state index contributed by atoms with van der Waals surface area (Å²) in [6, 6.07) is 15.1. The third-order valence-electron chi connectivity index (χ3n) is 6.18. The van der Waals surface area contributed by atoms with E-state index in [0.29, 0.717) is 24.0 Å². The third kappa shape index (κ3) is 6.11. The maximum Gasteiger partial charge on any atom is 0.252 e. The molecule has 9 heteroatoms. The number of hydrogen-bond donors (Lipinski definition) is 3. The Labute approximate surface area is 202 Å². The third-order valence-corrected chi connectivity index (χ3v) is 6.18. The first kappa shape index (κ1) is 24.1. The molecule has 0 saturated carbocycles. The first-order chi connectivity index (χ1) is 16.9. The van der Waals surface area contributed by atoms with Crippen molar-refractivity contribution in [2.75, 3.05) is 30.3 Å². The Morgan fingerprint density at radius 2 is 1.89 bits per heavy atom. The molecule has 1 amide bonds. The van der Waals surface area contributed by atoms with Crippen LogP contribution in [0.15, 0.2) is 54.7 Å². The predicted octanol–water partition coefficient (Wildman–Crippen LogP) is 4.52. The molecule has 3 aromatic rings. The highest BCUT2D eigenvalue weighted by Gasteiger charge is 2.20. The van der Waals surface area contributed by atoms with Crippen molar-refractivity contribution in [1.29, 1.82) is 5.26 Å². The molecule has 7 nitrogen and oxygen atoms in total. The molecule has 1 aliphatic rings. The van der Waals surface area contributed by atoms with Crippen LogP contribution in [0.2, 0.25) is 0 Å². The number of halogens is 2. The van der Waals surface area contributed by atoms with Gasteiger partial charge >= 0.3 is 0 Å². The molecule has 2 aromatic carbocycles. The first-order valence-electron chi connectivity index (χ1n) is 11.4. The summed E-state index contributed by atoms with van der Waals surface area (Å²) in [6.07, 6.45) is 3.38. The number of pyridine rings is 1. The van der Waals surface area contributed by atoms with Crippen molar-refractivity contribution >= 4 is 23.1 Å². The minimum atomic E-state index is -0.684. The summed E-state index contributed by atoms with van der Waals surface area (Å²) in [6.45, 7) is 2.29. The quantitative estimate of drug-likeness (QED) is 0.413. The number of likely N-dealkylation sites (tertiary alicyclic amines) is 1. The fourth-order valence-electron chi connectivity index (χ4n) is 4.25. The Bertz CT molecular complexity index is 1230. The van der Waals surface area contributed by atoms with Crippen LogP contribution in [-0.2, 0) is 6.54 Å². The molecule has 1 aliphatic heterocycles. The lowest BCUT2D eigenvalue weighted by molar-refractivity contribution is 0.100. The van der Waals surface area contributed by atoms with Crippen LogP contribution in [0.4, 0.5) is 26.0 Å². The SMILES string of the molecule is N#CCN1CCC(c2ccc(Nc3cc(NCc4cc(F)ccc4F)c(C(N)=O)cn3)cc2)CC1. The Morgan fingerprint density at radius 3 is 2.57 bits per heavy atom. The molecular formula is C26H26F2N6O. The number of carbonyl (C=O) groups excluding carboxylic acids is 1. The minimum Gasteiger partial charge on any atom is -0.380 e. The topological polar surface area (TPSA) is 107 Å². The predicted molar refractivity (Wildman–Crippen MR) is 130 cm³/mol. The Morgan fingerprint density at radius 1 is 1.14 bits per heavy atom. The van der Waals surface area contributed by atoms with E-state index in [-0.39, 0.29) is 17.7 Å². The lowest BCUT2D eigenvalue weighted by atomic mass is 9.89. The Hall–Kier alpha value is -4.03. The summed E-state index contributed by atoms with van der Waals surface area (Å²) in [5.41, 5.74) is 8.16. The fraction of sp³-hybridized carbons (Fsp3) is 0.269. The van der Waals surface area contributed by atoms with Gasteiger partial charge < -0.3 is 16.4 Å². The Balaban J connectivity index is 1.44. The van der Waals surface area contributed by atoms with Gasteiger partial charge in [0.15, 0.2) is 0 Å². The number of hydrogen-bond acceptors (Lipinski definition) is 6. The number of rotatable bonds is 8. The number of primary amides is 1. The van der Waals surface area contributed by atoms with E-state index in [0.717, 1.165) is 49.8 Å². The molecule has 4 N–H and O–H groups in total. The van der Waals surface area contributed by atoms with Crippen LogP contribution in [0.25, 0.3) is 0 Å². The van der Waals surface area contributed by atoms with Crippen molar-refractivity contribution in [3.05, 3.63) is 83.1 Å². The highest BCUT2D eigenvalue weighted by molar-refractivity contribution is 5.98. The Kier molecular flexibility index (Phi) is 7.53. The van der Waals surface area contributed by atoms with Gasteiger partial charge in [-0.2, -0.15) is 5.26 Å². The second-order valence-electron chi connectivity index (χ2n) is 8.52. The zero-order valence-electron chi connectivity index (χ0n) is 19.1. The largest absolute Gasteiger partial charge is 0.380 e. The lowest BCUT2D eigenvalue weighted by Gasteiger charge is -2.30. The van der Waals surface area contributed by atoms with Gasteiger partial charge in [0.25, 0.3) is 5.91 Å². The summed E-state index contributed by atoms with van der Waals surface area (Å²) in [5.74, 6) is -0.855. The van der Waals surface area contributed by atoms with Crippen LogP contribution in [0.1, 0.15) is 40.2 Å². The zero-order valence-corrected chi connectivity index (χ0v) is 19.1. The lowest BCUT2D eigenvalue weighted by Crippen LogP contribution is -2.33. The number of aromatic nitrogens is 1. The summed E-state index contributed by atoms with van der Waals surface area (Å²) < 4.78 is 27.5. The van der Waals surface area contributed by atoms with Crippen molar-refractivity contribution in [2.24, 2.45) is 5.73 Å².